The molecular formula is C30H58O2. The second-order valence-corrected chi connectivity index (χ2v) is 9.34. The fourth-order valence-electron chi connectivity index (χ4n) is 3.83. The zero-order valence-corrected chi connectivity index (χ0v) is 22.3. The van der Waals surface area contributed by atoms with Gasteiger partial charge in [0, 0.05) is 13.2 Å². The number of allylic oxidation sites excluding steroid dienone is 4. The molecule has 0 atom stereocenters. The topological polar surface area (TPSA) is 18.5 Å². The molecule has 32 heavy (non-hydrogen) atoms. The Morgan fingerprint density at radius 3 is 1.47 bits per heavy atom. The molecule has 0 N–H and O–H groups in total. The van der Waals surface area contributed by atoms with Crippen molar-refractivity contribution in [2.45, 2.75) is 155 Å². The highest BCUT2D eigenvalue weighted by Gasteiger charge is 2.09. The number of hydrogen-bond donors (Lipinski definition) is 0. The van der Waals surface area contributed by atoms with Crippen LogP contribution in [0.4, 0.5) is 0 Å². The highest BCUT2D eigenvalue weighted by Crippen LogP contribution is 2.14. The molecule has 0 aromatic rings. The van der Waals surface area contributed by atoms with E-state index in [1.165, 1.54) is 122 Å². The van der Waals surface area contributed by atoms with Crippen molar-refractivity contribution in [2.75, 3.05) is 13.2 Å². The van der Waals surface area contributed by atoms with E-state index in [0.717, 1.165) is 19.6 Å². The fraction of sp³-hybridized carbons (Fsp3) is 0.867. The Bertz CT molecular complexity index is 372. The molecule has 0 aromatic carbocycles. The SMILES string of the molecule is CCCCC=CC=CCCCCCCCC(OCCCCCCC)OCCCCCCC. The zero-order chi connectivity index (χ0) is 23.4. The summed E-state index contributed by atoms with van der Waals surface area (Å²) in [5.41, 5.74) is 0. The van der Waals surface area contributed by atoms with Crippen molar-refractivity contribution in [3.63, 3.8) is 0 Å². The van der Waals surface area contributed by atoms with Gasteiger partial charge in [-0.05, 0) is 44.9 Å². The smallest absolute Gasteiger partial charge is 0.157 e. The summed E-state index contributed by atoms with van der Waals surface area (Å²) >= 11 is 0. The van der Waals surface area contributed by atoms with E-state index < -0.39 is 0 Å². The van der Waals surface area contributed by atoms with Crippen molar-refractivity contribution in [3.05, 3.63) is 24.3 Å². The van der Waals surface area contributed by atoms with Gasteiger partial charge >= 0.3 is 0 Å². The quantitative estimate of drug-likeness (QED) is 0.0741. The predicted molar refractivity (Wildman–Crippen MR) is 143 cm³/mol. The summed E-state index contributed by atoms with van der Waals surface area (Å²) in [6, 6.07) is 0. The number of ether oxygens (including phenoxy) is 2. The van der Waals surface area contributed by atoms with Crippen LogP contribution in [0.25, 0.3) is 0 Å². The lowest BCUT2D eigenvalue weighted by molar-refractivity contribution is -0.148. The first-order valence-electron chi connectivity index (χ1n) is 14.4. The van der Waals surface area contributed by atoms with Gasteiger partial charge in [0.05, 0.1) is 0 Å². The fourth-order valence-corrected chi connectivity index (χ4v) is 3.83. The van der Waals surface area contributed by atoms with Crippen LogP contribution in [0.15, 0.2) is 24.3 Å². The number of hydrogen-bond acceptors (Lipinski definition) is 2. The van der Waals surface area contributed by atoms with Gasteiger partial charge in [0.2, 0.25) is 0 Å². The predicted octanol–water partition coefficient (Wildman–Crippen LogP) is 10.3. The third-order valence-electron chi connectivity index (χ3n) is 6.02. The van der Waals surface area contributed by atoms with Crippen molar-refractivity contribution >= 4 is 0 Å². The average molecular weight is 451 g/mol. The van der Waals surface area contributed by atoms with Crippen LogP contribution in [0.5, 0.6) is 0 Å². The second kappa shape index (κ2) is 28.4. The number of rotatable bonds is 26. The molecule has 0 spiro atoms. The third kappa shape index (κ3) is 25.7. The molecule has 0 unspecified atom stereocenters. The molecule has 0 saturated carbocycles. The summed E-state index contributed by atoms with van der Waals surface area (Å²) in [6.45, 7) is 8.51. The van der Waals surface area contributed by atoms with Gasteiger partial charge in [-0.1, -0.05) is 129 Å². The molecule has 0 amide bonds. The first-order valence-corrected chi connectivity index (χ1v) is 14.4. The van der Waals surface area contributed by atoms with Crippen molar-refractivity contribution in [2.24, 2.45) is 0 Å². The first kappa shape index (κ1) is 31.4. The molecule has 0 radical (unpaired) electrons. The van der Waals surface area contributed by atoms with Crippen LogP contribution >= 0.6 is 0 Å². The van der Waals surface area contributed by atoms with E-state index in [1.54, 1.807) is 0 Å². The molecular weight excluding hydrogens is 392 g/mol. The van der Waals surface area contributed by atoms with Crippen LogP contribution in [-0.2, 0) is 9.47 Å². The van der Waals surface area contributed by atoms with Gasteiger partial charge in [-0.25, -0.2) is 0 Å². The molecule has 0 aliphatic heterocycles. The molecule has 2 heteroatoms. The summed E-state index contributed by atoms with van der Waals surface area (Å²) in [4.78, 5) is 0. The summed E-state index contributed by atoms with van der Waals surface area (Å²) in [5.74, 6) is 0. The highest BCUT2D eigenvalue weighted by atomic mass is 16.7. The lowest BCUT2D eigenvalue weighted by Crippen LogP contribution is -2.19. The van der Waals surface area contributed by atoms with E-state index in [9.17, 15) is 0 Å². The van der Waals surface area contributed by atoms with E-state index in [-0.39, 0.29) is 6.29 Å². The van der Waals surface area contributed by atoms with E-state index in [0.29, 0.717) is 0 Å². The van der Waals surface area contributed by atoms with Crippen LogP contribution in [0.2, 0.25) is 0 Å². The monoisotopic (exact) mass is 450 g/mol. The minimum Gasteiger partial charge on any atom is -0.353 e. The van der Waals surface area contributed by atoms with Crippen molar-refractivity contribution in [3.8, 4) is 0 Å². The van der Waals surface area contributed by atoms with Gasteiger partial charge in [0.25, 0.3) is 0 Å². The molecule has 0 aromatic heterocycles. The maximum Gasteiger partial charge on any atom is 0.157 e. The van der Waals surface area contributed by atoms with E-state index >= 15 is 0 Å². The average Bonchev–Trinajstić information content (AvgIpc) is 2.80. The molecule has 0 fully saturated rings. The Kier molecular flexibility index (Phi) is 27.9. The standard InChI is InChI=1S/C30H58O2/c1-4-7-10-13-14-15-16-17-18-19-20-21-24-27-30(31-28-25-22-11-8-5-2)32-29-26-23-12-9-6-3/h13-16,30H,4-12,17-29H2,1-3H3. The largest absolute Gasteiger partial charge is 0.353 e. The summed E-state index contributed by atoms with van der Waals surface area (Å²) < 4.78 is 12.2. The van der Waals surface area contributed by atoms with Crippen LogP contribution in [-0.4, -0.2) is 19.5 Å². The molecule has 0 aliphatic rings. The van der Waals surface area contributed by atoms with E-state index in [4.69, 9.17) is 9.47 Å². The maximum absolute atomic E-state index is 6.12. The molecule has 2 nitrogen and oxygen atoms in total. The van der Waals surface area contributed by atoms with Gasteiger partial charge in [-0.2, -0.15) is 0 Å². The van der Waals surface area contributed by atoms with Gasteiger partial charge in [-0.3, -0.25) is 0 Å². The second-order valence-electron chi connectivity index (χ2n) is 9.34. The Hall–Kier alpha value is -0.600. The van der Waals surface area contributed by atoms with Gasteiger partial charge in [-0.15, -0.1) is 0 Å². The molecule has 0 saturated heterocycles. The van der Waals surface area contributed by atoms with Gasteiger partial charge in [0.1, 0.15) is 0 Å². The lowest BCUT2D eigenvalue weighted by Gasteiger charge is -2.19. The van der Waals surface area contributed by atoms with E-state index in [2.05, 4.69) is 45.1 Å². The zero-order valence-electron chi connectivity index (χ0n) is 22.3. The third-order valence-corrected chi connectivity index (χ3v) is 6.02. The van der Waals surface area contributed by atoms with Gasteiger partial charge in [0.15, 0.2) is 6.29 Å². The molecule has 190 valence electrons. The van der Waals surface area contributed by atoms with Crippen LogP contribution in [0.3, 0.4) is 0 Å². The first-order chi connectivity index (χ1) is 15.8. The summed E-state index contributed by atoms with van der Waals surface area (Å²) in [6.07, 6.45) is 34.6. The van der Waals surface area contributed by atoms with Crippen LogP contribution in [0, 0.1) is 0 Å². The molecule has 0 heterocycles. The highest BCUT2D eigenvalue weighted by molar-refractivity contribution is 5.02. The molecule has 0 aliphatic carbocycles. The van der Waals surface area contributed by atoms with Crippen molar-refractivity contribution in [1.82, 2.24) is 0 Å². The Morgan fingerprint density at radius 2 is 0.906 bits per heavy atom. The van der Waals surface area contributed by atoms with Crippen LogP contribution < -0.4 is 0 Å². The lowest BCUT2D eigenvalue weighted by atomic mass is 10.1. The van der Waals surface area contributed by atoms with Gasteiger partial charge < -0.3 is 9.47 Å². The van der Waals surface area contributed by atoms with Crippen molar-refractivity contribution in [1.29, 1.82) is 0 Å². The van der Waals surface area contributed by atoms with Crippen molar-refractivity contribution < 1.29 is 9.47 Å². The van der Waals surface area contributed by atoms with Crippen LogP contribution in [0.1, 0.15) is 149 Å². The normalized spacial score (nSPS) is 12.1. The van der Waals surface area contributed by atoms with E-state index in [1.807, 2.05) is 0 Å². The minimum absolute atomic E-state index is 0.0229. The Labute approximate surface area is 202 Å². The molecule has 0 rings (SSSR count). The Balaban J connectivity index is 3.81. The minimum atomic E-state index is 0.0229. The molecule has 0 bridgehead atoms. The number of unbranched alkanes of at least 4 members (excludes halogenated alkanes) is 15. The Morgan fingerprint density at radius 1 is 0.469 bits per heavy atom. The maximum atomic E-state index is 6.12. The summed E-state index contributed by atoms with van der Waals surface area (Å²) in [5, 5.41) is 0. The summed E-state index contributed by atoms with van der Waals surface area (Å²) in [7, 11) is 0.